The summed E-state index contributed by atoms with van der Waals surface area (Å²) in [4.78, 5) is 0. The highest BCUT2D eigenvalue weighted by Gasteiger charge is 2.16. The van der Waals surface area contributed by atoms with Gasteiger partial charge in [-0.05, 0) is 30.9 Å². The van der Waals surface area contributed by atoms with E-state index in [1.165, 1.54) is 30.5 Å². The van der Waals surface area contributed by atoms with Crippen molar-refractivity contribution in [3.63, 3.8) is 0 Å². The Balaban J connectivity index is 2.44. The number of hydrogen-bond acceptors (Lipinski definition) is 2. The molecule has 0 saturated carbocycles. The third-order valence-electron chi connectivity index (χ3n) is 2.39. The van der Waals surface area contributed by atoms with Crippen LogP contribution in [0.2, 0.25) is 0 Å². The maximum atomic E-state index is 4.15. The highest BCUT2D eigenvalue weighted by molar-refractivity contribution is 5.23. The molecular formula is C9H12N2. The molecule has 0 amide bonds. The zero-order valence-corrected chi connectivity index (χ0v) is 6.75. The highest BCUT2D eigenvalue weighted by Crippen LogP contribution is 2.28. The molecule has 0 aliphatic heterocycles. The quantitative estimate of drug-likeness (QED) is 0.561. The van der Waals surface area contributed by atoms with Crippen LogP contribution < -0.4 is 0 Å². The first-order chi connectivity index (χ1) is 5.38. The monoisotopic (exact) mass is 148 g/mol. The highest BCUT2D eigenvalue weighted by atomic mass is 15.1. The molecule has 58 valence electrons. The molecule has 0 bridgehead atoms. The van der Waals surface area contributed by atoms with Crippen molar-refractivity contribution in [2.75, 3.05) is 0 Å². The number of rotatable bonds is 0. The smallest absolute Gasteiger partial charge is 0.0691 e. The third kappa shape index (κ3) is 1.13. The zero-order valence-electron chi connectivity index (χ0n) is 6.75. The van der Waals surface area contributed by atoms with E-state index in [1.54, 1.807) is 6.20 Å². The molecule has 1 heterocycles. The van der Waals surface area contributed by atoms with Gasteiger partial charge in [-0.15, -0.1) is 0 Å². The van der Waals surface area contributed by atoms with Crippen LogP contribution in [0.3, 0.4) is 0 Å². The molecule has 0 N–H and O–H groups in total. The van der Waals surface area contributed by atoms with Crippen molar-refractivity contribution < 1.29 is 0 Å². The Labute approximate surface area is 66.7 Å². The van der Waals surface area contributed by atoms with E-state index < -0.39 is 0 Å². The minimum atomic E-state index is 0.618. The third-order valence-corrected chi connectivity index (χ3v) is 2.39. The van der Waals surface area contributed by atoms with Crippen LogP contribution in [0, 0.1) is 0 Å². The number of nitrogens with zero attached hydrogens (tertiary/aromatic N) is 2. The molecular weight excluding hydrogens is 136 g/mol. The van der Waals surface area contributed by atoms with Gasteiger partial charge in [0.1, 0.15) is 0 Å². The Morgan fingerprint density at radius 2 is 2.45 bits per heavy atom. The van der Waals surface area contributed by atoms with Crippen molar-refractivity contribution in [3.05, 3.63) is 23.5 Å². The predicted octanol–water partition coefficient (Wildman–Crippen LogP) is 1.92. The molecule has 2 nitrogen and oxygen atoms in total. The zero-order chi connectivity index (χ0) is 7.68. The first-order valence-electron chi connectivity index (χ1n) is 4.18. The van der Waals surface area contributed by atoms with E-state index in [2.05, 4.69) is 23.2 Å². The van der Waals surface area contributed by atoms with Gasteiger partial charge in [0, 0.05) is 12.1 Å². The maximum absolute atomic E-state index is 4.15. The van der Waals surface area contributed by atoms with Gasteiger partial charge in [-0.3, -0.25) is 0 Å². The van der Waals surface area contributed by atoms with Crippen LogP contribution in [0.5, 0.6) is 0 Å². The van der Waals surface area contributed by atoms with E-state index in [-0.39, 0.29) is 0 Å². The molecule has 1 aromatic heterocycles. The molecule has 11 heavy (non-hydrogen) atoms. The number of aryl methyl sites for hydroxylation is 1. The first-order valence-corrected chi connectivity index (χ1v) is 4.18. The van der Waals surface area contributed by atoms with Crippen LogP contribution in [0.25, 0.3) is 0 Å². The summed E-state index contributed by atoms with van der Waals surface area (Å²) in [6.07, 6.45) is 5.55. The fourth-order valence-corrected chi connectivity index (χ4v) is 1.73. The summed E-state index contributed by atoms with van der Waals surface area (Å²) in [6, 6.07) is 2.10. The minimum Gasteiger partial charge on any atom is -0.159 e. The second-order valence-electron chi connectivity index (χ2n) is 3.23. The summed E-state index contributed by atoms with van der Waals surface area (Å²) in [5, 5.41) is 8.05. The van der Waals surface area contributed by atoms with Gasteiger partial charge in [-0.25, -0.2) is 0 Å². The molecule has 1 aromatic rings. The Morgan fingerprint density at radius 1 is 1.55 bits per heavy atom. The topological polar surface area (TPSA) is 25.8 Å². The van der Waals surface area contributed by atoms with E-state index >= 15 is 0 Å². The van der Waals surface area contributed by atoms with Gasteiger partial charge in [-0.1, -0.05) is 6.92 Å². The molecule has 0 saturated heterocycles. The van der Waals surface area contributed by atoms with Crippen LogP contribution in [0.15, 0.2) is 12.3 Å². The number of aromatic nitrogens is 2. The van der Waals surface area contributed by atoms with Crippen molar-refractivity contribution in [2.45, 2.75) is 32.1 Å². The van der Waals surface area contributed by atoms with Crippen LogP contribution in [0.1, 0.15) is 36.9 Å². The van der Waals surface area contributed by atoms with E-state index in [0.29, 0.717) is 5.92 Å². The standard InChI is InChI=1S/C9H12N2/c1-7-3-2-4-8-5-6-10-11-9(7)8/h5-7H,2-4H2,1H3. The van der Waals surface area contributed by atoms with Gasteiger partial charge < -0.3 is 0 Å². The first kappa shape index (κ1) is 6.77. The van der Waals surface area contributed by atoms with Crippen molar-refractivity contribution >= 4 is 0 Å². The normalized spacial score (nSPS) is 22.8. The van der Waals surface area contributed by atoms with Gasteiger partial charge in [0.15, 0.2) is 0 Å². The Hall–Kier alpha value is -0.920. The molecule has 0 fully saturated rings. The van der Waals surface area contributed by atoms with E-state index in [0.717, 1.165) is 0 Å². The molecule has 1 unspecified atom stereocenters. The lowest BCUT2D eigenvalue weighted by molar-refractivity contribution is 0.564. The molecule has 1 atom stereocenters. The van der Waals surface area contributed by atoms with Crippen molar-refractivity contribution in [3.8, 4) is 0 Å². The van der Waals surface area contributed by atoms with Crippen LogP contribution >= 0.6 is 0 Å². The molecule has 0 aromatic carbocycles. The van der Waals surface area contributed by atoms with Crippen LogP contribution in [-0.2, 0) is 6.42 Å². The fourth-order valence-electron chi connectivity index (χ4n) is 1.73. The summed E-state index contributed by atoms with van der Waals surface area (Å²) in [5.41, 5.74) is 2.62. The summed E-state index contributed by atoms with van der Waals surface area (Å²) in [7, 11) is 0. The van der Waals surface area contributed by atoms with Gasteiger partial charge in [-0.2, -0.15) is 10.2 Å². The molecule has 0 radical (unpaired) electrons. The second-order valence-corrected chi connectivity index (χ2v) is 3.23. The van der Waals surface area contributed by atoms with Crippen LogP contribution in [-0.4, -0.2) is 10.2 Å². The lowest BCUT2D eigenvalue weighted by Gasteiger charge is -2.19. The fraction of sp³-hybridized carbons (Fsp3) is 0.556. The molecule has 2 rings (SSSR count). The Kier molecular flexibility index (Phi) is 1.60. The van der Waals surface area contributed by atoms with E-state index in [9.17, 15) is 0 Å². The van der Waals surface area contributed by atoms with Gasteiger partial charge in [0.05, 0.1) is 5.69 Å². The van der Waals surface area contributed by atoms with E-state index in [4.69, 9.17) is 0 Å². The summed E-state index contributed by atoms with van der Waals surface area (Å²) in [5.74, 6) is 0.618. The molecule has 1 aliphatic carbocycles. The molecule has 0 spiro atoms. The summed E-state index contributed by atoms with van der Waals surface area (Å²) >= 11 is 0. The minimum absolute atomic E-state index is 0.618. The SMILES string of the molecule is CC1CCCc2ccnnc21. The lowest BCUT2D eigenvalue weighted by Crippen LogP contribution is -2.09. The van der Waals surface area contributed by atoms with Gasteiger partial charge >= 0.3 is 0 Å². The lowest BCUT2D eigenvalue weighted by atomic mass is 9.89. The Morgan fingerprint density at radius 3 is 3.27 bits per heavy atom. The number of hydrogen-bond donors (Lipinski definition) is 0. The summed E-state index contributed by atoms with van der Waals surface area (Å²) < 4.78 is 0. The predicted molar refractivity (Wildman–Crippen MR) is 43.4 cm³/mol. The van der Waals surface area contributed by atoms with Crippen LogP contribution in [0.4, 0.5) is 0 Å². The number of fused-ring (bicyclic) bond motifs is 1. The molecule has 2 heteroatoms. The van der Waals surface area contributed by atoms with E-state index in [1.807, 2.05) is 0 Å². The average Bonchev–Trinajstić information content (AvgIpc) is 2.06. The molecule has 1 aliphatic rings. The maximum Gasteiger partial charge on any atom is 0.0691 e. The van der Waals surface area contributed by atoms with Crippen molar-refractivity contribution in [2.24, 2.45) is 0 Å². The average molecular weight is 148 g/mol. The van der Waals surface area contributed by atoms with Gasteiger partial charge in [0.2, 0.25) is 0 Å². The largest absolute Gasteiger partial charge is 0.159 e. The Bertz CT molecular complexity index is 257. The second kappa shape index (κ2) is 2.61. The van der Waals surface area contributed by atoms with Crippen molar-refractivity contribution in [1.82, 2.24) is 10.2 Å². The van der Waals surface area contributed by atoms with Gasteiger partial charge in [0.25, 0.3) is 0 Å². The summed E-state index contributed by atoms with van der Waals surface area (Å²) in [6.45, 7) is 2.23. The van der Waals surface area contributed by atoms with Crippen molar-refractivity contribution in [1.29, 1.82) is 0 Å².